The van der Waals surface area contributed by atoms with Gasteiger partial charge in [0.05, 0.1) is 29.4 Å². The van der Waals surface area contributed by atoms with Gasteiger partial charge in [-0.15, -0.1) is 0 Å². The maximum Gasteiger partial charge on any atom is 0.263 e. The van der Waals surface area contributed by atoms with Crippen LogP contribution in [0.1, 0.15) is 11.1 Å². The molecule has 2 aliphatic rings. The van der Waals surface area contributed by atoms with Gasteiger partial charge in [-0.2, -0.15) is 0 Å². The molecule has 0 atom stereocenters. The van der Waals surface area contributed by atoms with Gasteiger partial charge in [-0.05, 0) is 29.3 Å². The minimum Gasteiger partial charge on any atom is -0.364 e. The number of hydrogen-bond donors (Lipinski definition) is 1. The average molecular weight is 396 g/mol. The van der Waals surface area contributed by atoms with Crippen LogP contribution in [0.15, 0.2) is 53.4 Å². The molecule has 27 heavy (non-hydrogen) atoms. The number of nitrogens with zero attached hydrogens (tertiary/aromatic N) is 2. The molecule has 2 aromatic rings. The molecule has 0 aromatic heterocycles. The van der Waals surface area contributed by atoms with Gasteiger partial charge in [0.1, 0.15) is 4.32 Å². The Morgan fingerprint density at radius 3 is 2.63 bits per heavy atom. The van der Waals surface area contributed by atoms with E-state index in [1.807, 2.05) is 60.5 Å². The van der Waals surface area contributed by atoms with Crippen LogP contribution in [0.3, 0.4) is 0 Å². The molecule has 2 aromatic carbocycles. The number of anilines is 2. The molecule has 2 heterocycles. The molecule has 4 rings (SSSR count). The third kappa shape index (κ3) is 3.61. The van der Waals surface area contributed by atoms with E-state index >= 15 is 0 Å². The van der Waals surface area contributed by atoms with Crippen LogP contribution >= 0.6 is 24.0 Å². The normalized spacial score (nSPS) is 18.1. The monoisotopic (exact) mass is 395 g/mol. The molecule has 0 unspecified atom stereocenters. The number of thiocarbonyl (C=S) groups is 1. The number of carbonyl (C=O) groups is 2. The Morgan fingerprint density at radius 2 is 1.93 bits per heavy atom. The highest BCUT2D eigenvalue weighted by molar-refractivity contribution is 8.26. The number of rotatable bonds is 3. The fourth-order valence-electron chi connectivity index (χ4n) is 3.19. The second kappa shape index (κ2) is 7.17. The van der Waals surface area contributed by atoms with E-state index in [0.29, 0.717) is 22.3 Å². The van der Waals surface area contributed by atoms with Crippen LogP contribution in [0.25, 0.3) is 6.08 Å². The second-order valence-corrected chi connectivity index (χ2v) is 8.14. The standard InChI is InChI=1S/C20H17N3O2S2/c1-22-12-18(24)23(11-13-5-3-2-4-6-13)16-9-14(7-8-15(16)22)10-17-19(25)21-20(26)27-17/h2-10H,11-12H2,1H3,(H,21,25,26)/b17-10+. The Hall–Kier alpha value is -2.64. The predicted molar refractivity (Wildman–Crippen MR) is 114 cm³/mol. The molecule has 136 valence electrons. The summed E-state index contributed by atoms with van der Waals surface area (Å²) in [6.45, 7) is 0.854. The first-order valence-electron chi connectivity index (χ1n) is 8.45. The van der Waals surface area contributed by atoms with E-state index in [9.17, 15) is 9.59 Å². The summed E-state index contributed by atoms with van der Waals surface area (Å²) in [5, 5.41) is 2.62. The van der Waals surface area contributed by atoms with Crippen molar-refractivity contribution in [3.63, 3.8) is 0 Å². The van der Waals surface area contributed by atoms with Crippen molar-refractivity contribution >= 4 is 57.6 Å². The van der Waals surface area contributed by atoms with Crippen molar-refractivity contribution in [2.45, 2.75) is 6.54 Å². The van der Waals surface area contributed by atoms with Gasteiger partial charge in [-0.25, -0.2) is 0 Å². The van der Waals surface area contributed by atoms with Crippen LogP contribution in [0, 0.1) is 0 Å². The molecular formula is C20H17N3O2S2. The SMILES string of the molecule is CN1CC(=O)N(Cc2ccccc2)c2cc(/C=C3/SC(=S)NC3=O)ccc21. The Morgan fingerprint density at radius 1 is 1.15 bits per heavy atom. The molecule has 0 radical (unpaired) electrons. The minimum absolute atomic E-state index is 0.0489. The van der Waals surface area contributed by atoms with E-state index in [0.717, 1.165) is 22.5 Å². The summed E-state index contributed by atoms with van der Waals surface area (Å²) >= 11 is 6.29. The number of nitrogens with one attached hydrogen (secondary N) is 1. The second-order valence-electron chi connectivity index (χ2n) is 6.42. The molecule has 2 aliphatic heterocycles. The summed E-state index contributed by atoms with van der Waals surface area (Å²) in [6.07, 6.45) is 1.80. The predicted octanol–water partition coefficient (Wildman–Crippen LogP) is 3.16. The van der Waals surface area contributed by atoms with E-state index in [1.54, 1.807) is 11.0 Å². The zero-order valence-electron chi connectivity index (χ0n) is 14.6. The molecule has 7 heteroatoms. The average Bonchev–Trinajstić information content (AvgIpc) is 2.96. The van der Waals surface area contributed by atoms with E-state index in [4.69, 9.17) is 12.2 Å². The molecule has 0 spiro atoms. The van der Waals surface area contributed by atoms with Crippen molar-refractivity contribution in [1.29, 1.82) is 0 Å². The molecule has 0 aliphatic carbocycles. The van der Waals surface area contributed by atoms with Gasteiger partial charge >= 0.3 is 0 Å². The Balaban J connectivity index is 1.72. The molecule has 2 amide bonds. The molecule has 1 fully saturated rings. The maximum absolute atomic E-state index is 12.7. The van der Waals surface area contributed by atoms with Gasteiger partial charge in [-0.3, -0.25) is 9.59 Å². The van der Waals surface area contributed by atoms with Crippen molar-refractivity contribution in [3.8, 4) is 0 Å². The quantitative estimate of drug-likeness (QED) is 0.639. The van der Waals surface area contributed by atoms with Crippen molar-refractivity contribution in [2.75, 3.05) is 23.4 Å². The molecule has 0 saturated carbocycles. The molecular weight excluding hydrogens is 378 g/mol. The fourth-order valence-corrected chi connectivity index (χ4v) is 4.23. The minimum atomic E-state index is -0.183. The van der Waals surface area contributed by atoms with Gasteiger partial charge in [0, 0.05) is 7.05 Å². The van der Waals surface area contributed by atoms with Crippen LogP contribution in [-0.4, -0.2) is 29.7 Å². The lowest BCUT2D eigenvalue weighted by Gasteiger charge is -2.35. The topological polar surface area (TPSA) is 52.7 Å². The highest BCUT2D eigenvalue weighted by atomic mass is 32.2. The van der Waals surface area contributed by atoms with Crippen molar-refractivity contribution in [2.24, 2.45) is 0 Å². The van der Waals surface area contributed by atoms with E-state index in [-0.39, 0.29) is 11.8 Å². The number of fused-ring (bicyclic) bond motifs is 1. The molecule has 1 saturated heterocycles. The lowest BCUT2D eigenvalue weighted by atomic mass is 10.1. The van der Waals surface area contributed by atoms with E-state index < -0.39 is 0 Å². The first-order chi connectivity index (χ1) is 13.0. The summed E-state index contributed by atoms with van der Waals surface area (Å²) in [6, 6.07) is 15.8. The van der Waals surface area contributed by atoms with Crippen LogP contribution in [0.5, 0.6) is 0 Å². The summed E-state index contributed by atoms with van der Waals surface area (Å²) < 4.78 is 0.463. The number of likely N-dealkylation sites (N-methyl/N-ethyl adjacent to an activating group) is 1. The molecule has 0 bridgehead atoms. The fraction of sp³-hybridized carbons (Fsp3) is 0.150. The third-order valence-corrected chi connectivity index (χ3v) is 5.66. The highest BCUT2D eigenvalue weighted by Crippen LogP contribution is 2.36. The third-order valence-electron chi connectivity index (χ3n) is 4.50. The van der Waals surface area contributed by atoms with E-state index in [1.165, 1.54) is 11.8 Å². The Kier molecular flexibility index (Phi) is 4.72. The smallest absolute Gasteiger partial charge is 0.263 e. The number of thioether (sulfide) groups is 1. The van der Waals surface area contributed by atoms with Gasteiger partial charge in [0.15, 0.2) is 0 Å². The van der Waals surface area contributed by atoms with Crippen LogP contribution < -0.4 is 15.1 Å². The largest absolute Gasteiger partial charge is 0.364 e. The maximum atomic E-state index is 12.7. The van der Waals surface area contributed by atoms with Crippen molar-refractivity contribution in [1.82, 2.24) is 5.32 Å². The Labute approximate surface area is 167 Å². The lowest BCUT2D eigenvalue weighted by Crippen LogP contribution is -2.43. The number of amides is 2. The number of benzene rings is 2. The number of carbonyl (C=O) groups excluding carboxylic acids is 2. The van der Waals surface area contributed by atoms with Crippen LogP contribution in [0.4, 0.5) is 11.4 Å². The van der Waals surface area contributed by atoms with Gasteiger partial charge in [-0.1, -0.05) is 60.4 Å². The number of hydrogen-bond acceptors (Lipinski definition) is 5. The first-order valence-corrected chi connectivity index (χ1v) is 9.68. The van der Waals surface area contributed by atoms with Crippen LogP contribution in [-0.2, 0) is 16.1 Å². The highest BCUT2D eigenvalue weighted by Gasteiger charge is 2.28. The van der Waals surface area contributed by atoms with Gasteiger partial charge < -0.3 is 15.1 Å². The summed E-state index contributed by atoms with van der Waals surface area (Å²) in [4.78, 5) is 28.9. The van der Waals surface area contributed by atoms with E-state index in [2.05, 4.69) is 5.32 Å². The molecule has 5 nitrogen and oxygen atoms in total. The summed E-state index contributed by atoms with van der Waals surface area (Å²) in [5.41, 5.74) is 3.77. The summed E-state index contributed by atoms with van der Waals surface area (Å²) in [7, 11) is 1.91. The first kappa shape index (κ1) is 17.8. The van der Waals surface area contributed by atoms with Crippen LogP contribution in [0.2, 0.25) is 0 Å². The van der Waals surface area contributed by atoms with Crippen molar-refractivity contribution in [3.05, 3.63) is 64.6 Å². The Bertz CT molecular complexity index is 972. The van der Waals surface area contributed by atoms with Crippen molar-refractivity contribution < 1.29 is 9.59 Å². The lowest BCUT2D eigenvalue weighted by molar-refractivity contribution is -0.117. The zero-order valence-corrected chi connectivity index (χ0v) is 16.3. The summed E-state index contributed by atoms with van der Waals surface area (Å²) in [5.74, 6) is -0.134. The van der Waals surface area contributed by atoms with Gasteiger partial charge in [0.25, 0.3) is 5.91 Å². The van der Waals surface area contributed by atoms with Gasteiger partial charge in [0.2, 0.25) is 5.91 Å². The zero-order chi connectivity index (χ0) is 19.0. The molecule has 1 N–H and O–H groups in total.